The van der Waals surface area contributed by atoms with Crippen LogP contribution in [0.15, 0.2) is 11.1 Å². The van der Waals surface area contributed by atoms with Crippen molar-refractivity contribution in [1.29, 1.82) is 0 Å². The number of hydrogen-bond acceptors (Lipinski definition) is 4. The van der Waals surface area contributed by atoms with E-state index in [1.165, 1.54) is 6.33 Å². The van der Waals surface area contributed by atoms with Gasteiger partial charge in [-0.3, -0.25) is 4.79 Å². The lowest BCUT2D eigenvalue weighted by Crippen LogP contribution is -2.23. The van der Waals surface area contributed by atoms with Gasteiger partial charge in [0.2, 0.25) is 0 Å². The maximum absolute atomic E-state index is 11.2. The van der Waals surface area contributed by atoms with Crippen molar-refractivity contribution in [2.75, 3.05) is 25.0 Å². The summed E-state index contributed by atoms with van der Waals surface area (Å²) < 4.78 is 0. The van der Waals surface area contributed by atoms with Crippen LogP contribution in [-0.2, 0) is 0 Å². The van der Waals surface area contributed by atoms with E-state index in [1.807, 2.05) is 11.9 Å². The lowest BCUT2D eigenvalue weighted by Gasteiger charge is -2.18. The standard InChI is InChI=1S/C10H17ClN4O/c1-15(6-4-2-3-5-12)9-8(11)10(16)14-7-13-9/h7H,2-6,12H2,1H3,(H,13,14,16). The Balaban J connectivity index is 2.56. The quantitative estimate of drug-likeness (QED) is 0.732. The molecule has 0 spiro atoms. The van der Waals surface area contributed by atoms with Gasteiger partial charge in [-0.15, -0.1) is 0 Å². The molecule has 0 aliphatic rings. The summed E-state index contributed by atoms with van der Waals surface area (Å²) in [7, 11) is 1.87. The van der Waals surface area contributed by atoms with Crippen LogP contribution in [0.25, 0.3) is 0 Å². The highest BCUT2D eigenvalue weighted by molar-refractivity contribution is 6.32. The summed E-state index contributed by atoms with van der Waals surface area (Å²) in [6.07, 6.45) is 4.46. The van der Waals surface area contributed by atoms with Gasteiger partial charge in [0.05, 0.1) is 6.33 Å². The lowest BCUT2D eigenvalue weighted by molar-refractivity contribution is 0.675. The predicted molar refractivity (Wildman–Crippen MR) is 66.0 cm³/mol. The smallest absolute Gasteiger partial charge is 0.271 e. The van der Waals surface area contributed by atoms with E-state index >= 15 is 0 Å². The SMILES string of the molecule is CN(CCCCCN)c1nc[nH]c(=O)c1Cl. The molecule has 0 fully saturated rings. The van der Waals surface area contributed by atoms with Crippen molar-refractivity contribution in [3.05, 3.63) is 21.7 Å². The Morgan fingerprint density at radius 1 is 1.50 bits per heavy atom. The Hall–Kier alpha value is -1.07. The number of nitrogens with one attached hydrogen (secondary N) is 1. The van der Waals surface area contributed by atoms with Crippen LogP contribution in [0.3, 0.4) is 0 Å². The molecule has 0 aliphatic heterocycles. The maximum Gasteiger partial charge on any atom is 0.271 e. The van der Waals surface area contributed by atoms with Gasteiger partial charge in [0.15, 0.2) is 5.82 Å². The van der Waals surface area contributed by atoms with E-state index in [1.54, 1.807) is 0 Å². The molecule has 0 aliphatic carbocycles. The van der Waals surface area contributed by atoms with Crippen molar-refractivity contribution < 1.29 is 0 Å². The highest BCUT2D eigenvalue weighted by atomic mass is 35.5. The third-order valence-electron chi connectivity index (χ3n) is 2.34. The monoisotopic (exact) mass is 244 g/mol. The fourth-order valence-electron chi connectivity index (χ4n) is 1.42. The molecule has 0 bridgehead atoms. The number of hydrogen-bond donors (Lipinski definition) is 2. The van der Waals surface area contributed by atoms with Crippen molar-refractivity contribution in [3.63, 3.8) is 0 Å². The van der Waals surface area contributed by atoms with Crippen LogP contribution < -0.4 is 16.2 Å². The summed E-state index contributed by atoms with van der Waals surface area (Å²) in [5, 5.41) is 0.142. The first-order valence-corrected chi connectivity index (χ1v) is 5.69. The first-order chi connectivity index (χ1) is 7.66. The second kappa shape index (κ2) is 6.50. The fourth-order valence-corrected chi connectivity index (χ4v) is 1.66. The molecule has 1 aromatic heterocycles. The van der Waals surface area contributed by atoms with Gasteiger partial charge >= 0.3 is 0 Å². The van der Waals surface area contributed by atoms with Gasteiger partial charge in [0.25, 0.3) is 5.56 Å². The molecular formula is C10H17ClN4O. The molecule has 5 nitrogen and oxygen atoms in total. The minimum Gasteiger partial charge on any atom is -0.358 e. The van der Waals surface area contributed by atoms with E-state index in [9.17, 15) is 4.79 Å². The molecular weight excluding hydrogens is 228 g/mol. The molecule has 0 aromatic carbocycles. The Morgan fingerprint density at radius 2 is 2.25 bits per heavy atom. The minimum absolute atomic E-state index is 0.142. The third-order valence-corrected chi connectivity index (χ3v) is 2.68. The van der Waals surface area contributed by atoms with Crippen molar-refractivity contribution in [2.45, 2.75) is 19.3 Å². The zero-order chi connectivity index (χ0) is 12.0. The van der Waals surface area contributed by atoms with E-state index in [0.717, 1.165) is 25.8 Å². The Kier molecular flexibility index (Phi) is 5.28. The van der Waals surface area contributed by atoms with Crippen molar-refractivity contribution in [3.8, 4) is 0 Å². The van der Waals surface area contributed by atoms with Gasteiger partial charge in [-0.25, -0.2) is 4.98 Å². The van der Waals surface area contributed by atoms with Crippen LogP contribution in [0.2, 0.25) is 5.02 Å². The average Bonchev–Trinajstić information content (AvgIpc) is 2.28. The Morgan fingerprint density at radius 3 is 2.94 bits per heavy atom. The number of aromatic amines is 1. The summed E-state index contributed by atoms with van der Waals surface area (Å²) >= 11 is 5.86. The van der Waals surface area contributed by atoms with E-state index in [2.05, 4.69) is 9.97 Å². The highest BCUT2D eigenvalue weighted by Crippen LogP contribution is 2.16. The zero-order valence-electron chi connectivity index (χ0n) is 9.37. The second-order valence-corrected chi connectivity index (χ2v) is 4.02. The van der Waals surface area contributed by atoms with Gasteiger partial charge in [-0.05, 0) is 19.4 Å². The van der Waals surface area contributed by atoms with Crippen LogP contribution in [0.1, 0.15) is 19.3 Å². The first-order valence-electron chi connectivity index (χ1n) is 5.31. The molecule has 0 saturated carbocycles. The maximum atomic E-state index is 11.2. The molecule has 3 N–H and O–H groups in total. The summed E-state index contributed by atoms with van der Waals surface area (Å²) in [5.41, 5.74) is 5.10. The fraction of sp³-hybridized carbons (Fsp3) is 0.600. The average molecular weight is 245 g/mol. The molecule has 0 amide bonds. The lowest BCUT2D eigenvalue weighted by atomic mass is 10.2. The highest BCUT2D eigenvalue weighted by Gasteiger charge is 2.09. The third kappa shape index (κ3) is 3.50. The summed E-state index contributed by atoms with van der Waals surface area (Å²) in [5.74, 6) is 0.526. The van der Waals surface area contributed by atoms with Crippen LogP contribution in [0.5, 0.6) is 0 Å². The molecule has 0 unspecified atom stereocenters. The number of anilines is 1. The molecule has 1 heterocycles. The molecule has 0 atom stereocenters. The summed E-state index contributed by atoms with van der Waals surface area (Å²) in [6.45, 7) is 1.53. The first kappa shape index (κ1) is 13.0. The molecule has 1 rings (SSSR count). The summed E-state index contributed by atoms with van der Waals surface area (Å²) in [6, 6.07) is 0. The van der Waals surface area contributed by atoms with Gasteiger partial charge < -0.3 is 15.6 Å². The van der Waals surface area contributed by atoms with E-state index in [-0.39, 0.29) is 10.6 Å². The number of H-pyrrole nitrogens is 1. The van der Waals surface area contributed by atoms with E-state index in [4.69, 9.17) is 17.3 Å². The number of aromatic nitrogens is 2. The van der Waals surface area contributed by atoms with Gasteiger partial charge in [-0.2, -0.15) is 0 Å². The topological polar surface area (TPSA) is 75.0 Å². The number of unbranched alkanes of at least 4 members (excludes halogenated alkanes) is 2. The number of rotatable bonds is 6. The molecule has 16 heavy (non-hydrogen) atoms. The molecule has 0 saturated heterocycles. The van der Waals surface area contributed by atoms with E-state index < -0.39 is 0 Å². The zero-order valence-corrected chi connectivity index (χ0v) is 10.1. The largest absolute Gasteiger partial charge is 0.358 e. The molecule has 1 aromatic rings. The minimum atomic E-state index is -0.305. The summed E-state index contributed by atoms with van der Waals surface area (Å²) in [4.78, 5) is 19.6. The van der Waals surface area contributed by atoms with E-state index in [0.29, 0.717) is 12.4 Å². The molecule has 0 radical (unpaired) electrons. The van der Waals surface area contributed by atoms with Crippen molar-refractivity contribution >= 4 is 17.4 Å². The van der Waals surface area contributed by atoms with Gasteiger partial charge in [-0.1, -0.05) is 18.0 Å². The predicted octanol–water partition coefficient (Wildman–Crippen LogP) is 0.989. The number of halogens is 1. The number of nitrogens with zero attached hydrogens (tertiary/aromatic N) is 2. The molecule has 90 valence electrons. The normalized spacial score (nSPS) is 10.4. The van der Waals surface area contributed by atoms with Crippen LogP contribution in [-0.4, -0.2) is 30.1 Å². The van der Waals surface area contributed by atoms with Gasteiger partial charge in [0.1, 0.15) is 5.02 Å². The Labute approximate surface area is 99.6 Å². The van der Waals surface area contributed by atoms with Crippen molar-refractivity contribution in [2.24, 2.45) is 5.73 Å². The van der Waals surface area contributed by atoms with Gasteiger partial charge in [0, 0.05) is 13.6 Å². The number of nitrogens with two attached hydrogens (primary N) is 1. The van der Waals surface area contributed by atoms with Crippen molar-refractivity contribution in [1.82, 2.24) is 9.97 Å². The second-order valence-electron chi connectivity index (χ2n) is 3.64. The van der Waals surface area contributed by atoms with Crippen LogP contribution >= 0.6 is 11.6 Å². The Bertz CT molecular complexity index is 379. The molecule has 6 heteroatoms. The van der Waals surface area contributed by atoms with Crippen LogP contribution in [0, 0.1) is 0 Å². The van der Waals surface area contributed by atoms with Crippen LogP contribution in [0.4, 0.5) is 5.82 Å².